The van der Waals surface area contributed by atoms with Crippen LogP contribution in [0.3, 0.4) is 0 Å². The van der Waals surface area contributed by atoms with Crippen LogP contribution in [-0.4, -0.2) is 24.4 Å². The van der Waals surface area contributed by atoms with Crippen LogP contribution < -0.4 is 0 Å². The fourth-order valence-electron chi connectivity index (χ4n) is 1.42. The van der Waals surface area contributed by atoms with E-state index in [2.05, 4.69) is 10.2 Å². The highest BCUT2D eigenvalue weighted by atomic mass is 35.5. The van der Waals surface area contributed by atoms with Gasteiger partial charge >= 0.3 is 7.60 Å². The molecule has 1 heterocycles. The SMILES string of the molecule is COP(=O)(Cc1nnc(-c2cccc(Cl)c2)o1)OC. The van der Waals surface area contributed by atoms with Crippen molar-refractivity contribution in [1.29, 1.82) is 0 Å². The topological polar surface area (TPSA) is 74.5 Å². The molecule has 0 radical (unpaired) electrons. The molecule has 1 aromatic carbocycles. The van der Waals surface area contributed by atoms with Gasteiger partial charge in [-0.1, -0.05) is 17.7 Å². The third kappa shape index (κ3) is 3.42. The van der Waals surface area contributed by atoms with Crippen molar-refractivity contribution in [2.24, 2.45) is 0 Å². The molecule has 0 aliphatic carbocycles. The molecule has 0 saturated heterocycles. The Bertz CT molecular complexity index is 608. The van der Waals surface area contributed by atoms with Crippen LogP contribution in [0.2, 0.25) is 5.02 Å². The van der Waals surface area contributed by atoms with E-state index in [4.69, 9.17) is 25.1 Å². The molecule has 2 rings (SSSR count). The number of nitrogens with zero attached hydrogens (tertiary/aromatic N) is 2. The molecule has 0 bridgehead atoms. The van der Waals surface area contributed by atoms with Gasteiger partial charge in [-0.15, -0.1) is 10.2 Å². The number of aromatic nitrogens is 2. The van der Waals surface area contributed by atoms with E-state index in [1.54, 1.807) is 24.3 Å². The number of hydrogen-bond donors (Lipinski definition) is 0. The fourth-order valence-corrected chi connectivity index (χ4v) is 2.48. The predicted molar refractivity (Wildman–Crippen MR) is 70.1 cm³/mol. The zero-order chi connectivity index (χ0) is 13.9. The van der Waals surface area contributed by atoms with Gasteiger partial charge in [-0.25, -0.2) is 0 Å². The van der Waals surface area contributed by atoms with Gasteiger partial charge in [-0.2, -0.15) is 0 Å². The van der Waals surface area contributed by atoms with Gasteiger partial charge in [0.05, 0.1) is 0 Å². The summed E-state index contributed by atoms with van der Waals surface area (Å²) in [6, 6.07) is 7.00. The van der Waals surface area contributed by atoms with Crippen molar-refractivity contribution in [3.63, 3.8) is 0 Å². The lowest BCUT2D eigenvalue weighted by Crippen LogP contribution is -1.93. The Morgan fingerprint density at radius 1 is 1.32 bits per heavy atom. The molecular formula is C11H12ClN2O4P. The average molecular weight is 303 g/mol. The summed E-state index contributed by atoms with van der Waals surface area (Å²) >= 11 is 5.88. The third-order valence-corrected chi connectivity index (χ3v) is 4.43. The number of hydrogen-bond acceptors (Lipinski definition) is 6. The zero-order valence-electron chi connectivity index (χ0n) is 10.4. The van der Waals surface area contributed by atoms with Crippen LogP contribution in [0.15, 0.2) is 28.7 Å². The second kappa shape index (κ2) is 5.84. The van der Waals surface area contributed by atoms with Crippen LogP contribution in [0.5, 0.6) is 0 Å². The summed E-state index contributed by atoms with van der Waals surface area (Å²) in [7, 11) is -0.605. The smallest absolute Gasteiger partial charge is 0.339 e. The quantitative estimate of drug-likeness (QED) is 0.788. The summed E-state index contributed by atoms with van der Waals surface area (Å²) in [5, 5.41) is 8.25. The van der Waals surface area contributed by atoms with E-state index in [-0.39, 0.29) is 12.1 Å². The minimum Gasteiger partial charge on any atom is -0.420 e. The maximum atomic E-state index is 11.9. The van der Waals surface area contributed by atoms with Crippen LogP contribution in [0.4, 0.5) is 0 Å². The fraction of sp³-hybridized carbons (Fsp3) is 0.273. The average Bonchev–Trinajstić information content (AvgIpc) is 2.87. The summed E-state index contributed by atoms with van der Waals surface area (Å²) in [6.45, 7) is 0. The zero-order valence-corrected chi connectivity index (χ0v) is 12.0. The predicted octanol–water partition coefficient (Wildman–Crippen LogP) is 3.38. The summed E-state index contributed by atoms with van der Waals surface area (Å²) < 4.78 is 27.0. The van der Waals surface area contributed by atoms with Gasteiger partial charge < -0.3 is 13.5 Å². The van der Waals surface area contributed by atoms with Gasteiger partial charge in [0, 0.05) is 24.8 Å². The monoisotopic (exact) mass is 302 g/mol. The maximum absolute atomic E-state index is 11.9. The first-order valence-electron chi connectivity index (χ1n) is 5.35. The Kier molecular flexibility index (Phi) is 4.37. The van der Waals surface area contributed by atoms with Crippen LogP contribution in [0.25, 0.3) is 11.5 Å². The lowest BCUT2D eigenvalue weighted by Gasteiger charge is -2.10. The van der Waals surface area contributed by atoms with Crippen LogP contribution in [0.1, 0.15) is 5.89 Å². The largest absolute Gasteiger partial charge is 0.420 e. The van der Waals surface area contributed by atoms with Crippen molar-refractivity contribution in [3.05, 3.63) is 35.2 Å². The van der Waals surface area contributed by atoms with E-state index >= 15 is 0 Å². The highest BCUT2D eigenvalue weighted by Crippen LogP contribution is 2.49. The molecule has 2 aromatic rings. The summed E-state index contributed by atoms with van der Waals surface area (Å²) in [6.07, 6.45) is -0.0758. The van der Waals surface area contributed by atoms with Crippen molar-refractivity contribution >= 4 is 19.2 Å². The van der Waals surface area contributed by atoms with Gasteiger partial charge in [0.25, 0.3) is 0 Å². The number of benzene rings is 1. The minimum absolute atomic E-state index is 0.0758. The Balaban J connectivity index is 2.22. The summed E-state index contributed by atoms with van der Waals surface area (Å²) in [5.74, 6) is 0.485. The van der Waals surface area contributed by atoms with Crippen LogP contribution in [-0.2, 0) is 19.8 Å². The molecule has 0 N–H and O–H groups in total. The molecule has 102 valence electrons. The summed E-state index contributed by atoms with van der Waals surface area (Å²) in [4.78, 5) is 0. The van der Waals surface area contributed by atoms with E-state index in [1.165, 1.54) is 14.2 Å². The van der Waals surface area contributed by atoms with Gasteiger partial charge in [0.2, 0.25) is 11.8 Å². The first-order valence-corrected chi connectivity index (χ1v) is 7.46. The molecule has 0 unspecified atom stereocenters. The maximum Gasteiger partial charge on any atom is 0.339 e. The highest BCUT2D eigenvalue weighted by Gasteiger charge is 2.25. The van der Waals surface area contributed by atoms with Crippen molar-refractivity contribution in [1.82, 2.24) is 10.2 Å². The summed E-state index contributed by atoms with van der Waals surface area (Å²) in [5.41, 5.74) is 0.691. The van der Waals surface area contributed by atoms with Crippen LogP contribution >= 0.6 is 19.2 Å². The molecule has 0 aliphatic heterocycles. The van der Waals surface area contributed by atoms with E-state index in [0.29, 0.717) is 16.5 Å². The first kappa shape index (κ1) is 14.2. The molecule has 6 nitrogen and oxygen atoms in total. The van der Waals surface area contributed by atoms with Crippen LogP contribution in [0, 0.1) is 0 Å². The molecule has 0 amide bonds. The van der Waals surface area contributed by atoms with E-state index in [0.717, 1.165) is 0 Å². The molecular weight excluding hydrogens is 291 g/mol. The number of rotatable bonds is 5. The highest BCUT2D eigenvalue weighted by molar-refractivity contribution is 7.52. The molecule has 0 spiro atoms. The second-order valence-electron chi connectivity index (χ2n) is 3.65. The molecule has 0 aliphatic rings. The Labute approximate surface area is 115 Å². The standard InChI is InChI=1S/C11H12ClN2O4P/c1-16-19(15,17-2)7-10-13-14-11(18-10)8-4-3-5-9(12)6-8/h3-6H,7H2,1-2H3. The Morgan fingerprint density at radius 2 is 2.05 bits per heavy atom. The Morgan fingerprint density at radius 3 is 2.68 bits per heavy atom. The second-order valence-corrected chi connectivity index (χ2v) is 6.35. The lowest BCUT2D eigenvalue weighted by molar-refractivity contribution is 0.271. The molecule has 19 heavy (non-hydrogen) atoms. The molecule has 0 saturated carbocycles. The minimum atomic E-state index is -3.21. The van der Waals surface area contributed by atoms with Crippen molar-refractivity contribution in [2.75, 3.05) is 14.2 Å². The third-order valence-electron chi connectivity index (χ3n) is 2.42. The van der Waals surface area contributed by atoms with E-state index in [1.807, 2.05) is 0 Å². The number of halogens is 1. The molecule has 0 fully saturated rings. The molecule has 0 atom stereocenters. The van der Waals surface area contributed by atoms with Crippen molar-refractivity contribution < 1.29 is 18.0 Å². The van der Waals surface area contributed by atoms with E-state index < -0.39 is 7.60 Å². The van der Waals surface area contributed by atoms with E-state index in [9.17, 15) is 4.57 Å². The normalized spacial score (nSPS) is 11.7. The van der Waals surface area contributed by atoms with Gasteiger partial charge in [0.1, 0.15) is 6.16 Å². The molecule has 8 heteroatoms. The van der Waals surface area contributed by atoms with Gasteiger partial charge in [0.15, 0.2) is 0 Å². The lowest BCUT2D eigenvalue weighted by atomic mass is 10.2. The van der Waals surface area contributed by atoms with Crippen molar-refractivity contribution in [3.8, 4) is 11.5 Å². The molecule has 1 aromatic heterocycles. The first-order chi connectivity index (χ1) is 9.06. The Hall–Kier alpha value is -1.20. The van der Waals surface area contributed by atoms with Gasteiger partial charge in [-0.05, 0) is 18.2 Å². The van der Waals surface area contributed by atoms with Gasteiger partial charge in [-0.3, -0.25) is 4.57 Å². The van der Waals surface area contributed by atoms with Crippen molar-refractivity contribution in [2.45, 2.75) is 6.16 Å².